The number of hydrogen-bond acceptors (Lipinski definition) is 8. The smallest absolute Gasteiger partial charge is 0.417 e. The number of nitrogens with zero attached hydrogens (tertiary/aromatic N) is 4. The largest absolute Gasteiger partial charge is 0.451 e. The van der Waals surface area contributed by atoms with Crippen molar-refractivity contribution in [1.82, 2.24) is 25.1 Å². The number of pyridine rings is 1. The van der Waals surface area contributed by atoms with Crippen LogP contribution in [0.15, 0.2) is 29.3 Å². The summed E-state index contributed by atoms with van der Waals surface area (Å²) in [4.78, 5) is 36.7. The second-order valence-electron chi connectivity index (χ2n) is 10.3. The highest BCUT2D eigenvalue weighted by atomic mass is 19.4. The van der Waals surface area contributed by atoms with E-state index in [0.29, 0.717) is 63.2 Å². The number of alkyl halides is 3. The lowest BCUT2D eigenvalue weighted by Crippen LogP contribution is -2.51. The van der Waals surface area contributed by atoms with Crippen LogP contribution in [-0.2, 0) is 33.4 Å². The molecule has 4 heterocycles. The van der Waals surface area contributed by atoms with Crippen molar-refractivity contribution in [1.29, 1.82) is 0 Å². The summed E-state index contributed by atoms with van der Waals surface area (Å²) >= 11 is 0. The standard InChI is InChI=1S/C27H36F3N5O5/c1-34(26(37)23-15-40-17-32-23)9-3-4-20(33-22-8-11-39-16-24(22)38-2)5-6-25(36)35-10-7-21-18(14-35)12-19(13-31-21)27(28,29)30/h12-13,15,17,20,22,24,33H,3-11,14,16H2,1-2H3. The Morgan fingerprint density at radius 1 is 1.30 bits per heavy atom. The van der Waals surface area contributed by atoms with Crippen LogP contribution in [0.2, 0.25) is 0 Å². The average molecular weight is 568 g/mol. The third-order valence-corrected chi connectivity index (χ3v) is 7.53. The molecule has 2 aliphatic heterocycles. The zero-order valence-corrected chi connectivity index (χ0v) is 22.8. The van der Waals surface area contributed by atoms with E-state index in [2.05, 4.69) is 15.3 Å². The van der Waals surface area contributed by atoms with Crippen molar-refractivity contribution in [2.24, 2.45) is 0 Å². The van der Waals surface area contributed by atoms with E-state index in [9.17, 15) is 22.8 Å². The Labute approximate surface area is 231 Å². The van der Waals surface area contributed by atoms with Crippen LogP contribution in [0, 0.1) is 0 Å². The van der Waals surface area contributed by atoms with Gasteiger partial charge in [0.15, 0.2) is 12.1 Å². The van der Waals surface area contributed by atoms with Gasteiger partial charge in [-0.3, -0.25) is 14.6 Å². The predicted octanol–water partition coefficient (Wildman–Crippen LogP) is 3.07. The minimum atomic E-state index is -4.48. The molecule has 0 radical (unpaired) electrons. The number of methoxy groups -OCH3 is 1. The maximum absolute atomic E-state index is 13.2. The Bertz CT molecular complexity index is 1130. The van der Waals surface area contributed by atoms with Gasteiger partial charge in [-0.2, -0.15) is 13.2 Å². The number of ether oxygens (including phenoxy) is 2. The highest BCUT2D eigenvalue weighted by Crippen LogP contribution is 2.31. The number of amides is 2. The molecule has 0 spiro atoms. The maximum atomic E-state index is 13.2. The van der Waals surface area contributed by atoms with Gasteiger partial charge in [0, 0.05) is 77.2 Å². The molecule has 3 atom stereocenters. The van der Waals surface area contributed by atoms with E-state index >= 15 is 0 Å². The Morgan fingerprint density at radius 2 is 2.12 bits per heavy atom. The fraction of sp³-hybridized carbons (Fsp3) is 0.630. The topological polar surface area (TPSA) is 110 Å². The van der Waals surface area contributed by atoms with Gasteiger partial charge in [-0.25, -0.2) is 4.98 Å². The lowest BCUT2D eigenvalue weighted by atomic mass is 9.99. The van der Waals surface area contributed by atoms with Crippen molar-refractivity contribution in [2.45, 2.75) is 69.4 Å². The fourth-order valence-electron chi connectivity index (χ4n) is 5.19. The number of aromatic nitrogens is 2. The van der Waals surface area contributed by atoms with Crippen LogP contribution in [0.3, 0.4) is 0 Å². The van der Waals surface area contributed by atoms with Gasteiger partial charge in [0.1, 0.15) is 6.26 Å². The van der Waals surface area contributed by atoms with Crippen LogP contribution in [0.1, 0.15) is 59.4 Å². The first-order valence-corrected chi connectivity index (χ1v) is 13.5. The molecule has 0 aliphatic carbocycles. The summed E-state index contributed by atoms with van der Waals surface area (Å²) in [5, 5.41) is 3.64. The molecule has 220 valence electrons. The van der Waals surface area contributed by atoms with Gasteiger partial charge in [-0.15, -0.1) is 0 Å². The zero-order chi connectivity index (χ0) is 28.7. The van der Waals surface area contributed by atoms with Gasteiger partial charge < -0.3 is 29.0 Å². The van der Waals surface area contributed by atoms with Gasteiger partial charge in [0.25, 0.3) is 5.91 Å². The SMILES string of the molecule is COC1COCCC1NC(CCCN(C)C(=O)c1cocn1)CCC(=O)N1CCc2ncc(C(F)(F)F)cc2C1. The van der Waals surface area contributed by atoms with Gasteiger partial charge in [0.2, 0.25) is 5.91 Å². The second kappa shape index (κ2) is 13.6. The monoisotopic (exact) mass is 567 g/mol. The highest BCUT2D eigenvalue weighted by Gasteiger charge is 2.33. The average Bonchev–Trinajstić information content (AvgIpc) is 3.49. The van der Waals surface area contributed by atoms with Crippen molar-refractivity contribution < 1.29 is 36.7 Å². The molecule has 40 heavy (non-hydrogen) atoms. The highest BCUT2D eigenvalue weighted by molar-refractivity contribution is 5.91. The van der Waals surface area contributed by atoms with Gasteiger partial charge in [-0.1, -0.05) is 0 Å². The van der Waals surface area contributed by atoms with Crippen LogP contribution in [-0.4, -0.2) is 90.2 Å². The lowest BCUT2D eigenvalue weighted by molar-refractivity contribution is -0.137. The van der Waals surface area contributed by atoms with Gasteiger partial charge >= 0.3 is 6.18 Å². The van der Waals surface area contributed by atoms with Gasteiger partial charge in [0.05, 0.1) is 18.3 Å². The third kappa shape index (κ3) is 7.79. The molecular weight excluding hydrogens is 531 g/mol. The molecule has 1 fully saturated rings. The fourth-order valence-corrected chi connectivity index (χ4v) is 5.19. The Morgan fingerprint density at radius 3 is 2.85 bits per heavy atom. The molecule has 1 N–H and O–H groups in total. The molecule has 2 aromatic rings. The number of hydrogen-bond donors (Lipinski definition) is 1. The summed E-state index contributed by atoms with van der Waals surface area (Å²) in [5.74, 6) is -0.339. The normalized spacial score (nSPS) is 20.2. The van der Waals surface area contributed by atoms with Crippen LogP contribution < -0.4 is 5.32 Å². The number of fused-ring (bicyclic) bond motifs is 1. The molecule has 0 saturated carbocycles. The molecule has 13 heteroatoms. The third-order valence-electron chi connectivity index (χ3n) is 7.53. The lowest BCUT2D eigenvalue weighted by Gasteiger charge is -2.35. The molecule has 2 amide bonds. The number of halogens is 3. The molecule has 1 saturated heterocycles. The summed E-state index contributed by atoms with van der Waals surface area (Å²) in [6, 6.07) is 1.12. The molecule has 0 bridgehead atoms. The first kappa shape index (κ1) is 29.9. The van der Waals surface area contributed by atoms with E-state index in [0.717, 1.165) is 18.7 Å². The molecular formula is C27H36F3N5O5. The van der Waals surface area contributed by atoms with Crippen molar-refractivity contribution in [3.05, 3.63) is 47.4 Å². The van der Waals surface area contributed by atoms with E-state index in [-0.39, 0.29) is 48.7 Å². The molecule has 3 unspecified atom stereocenters. The van der Waals surface area contributed by atoms with E-state index in [1.807, 2.05) is 0 Å². The molecule has 10 nitrogen and oxygen atoms in total. The van der Waals surface area contributed by atoms with E-state index in [1.165, 1.54) is 12.7 Å². The summed E-state index contributed by atoms with van der Waals surface area (Å²) in [7, 11) is 3.35. The summed E-state index contributed by atoms with van der Waals surface area (Å²) in [5.41, 5.74) is 0.481. The molecule has 0 aromatic carbocycles. The van der Waals surface area contributed by atoms with E-state index in [4.69, 9.17) is 13.9 Å². The minimum absolute atomic E-state index is 0.0316. The molecule has 4 rings (SSSR count). The molecule has 2 aliphatic rings. The number of carbonyl (C=O) groups excluding carboxylic acids is 2. The van der Waals surface area contributed by atoms with Crippen LogP contribution in [0.25, 0.3) is 0 Å². The summed E-state index contributed by atoms with van der Waals surface area (Å²) in [6.45, 7) is 2.12. The minimum Gasteiger partial charge on any atom is -0.451 e. The second-order valence-corrected chi connectivity index (χ2v) is 10.3. The van der Waals surface area contributed by atoms with Crippen LogP contribution in [0.5, 0.6) is 0 Å². The van der Waals surface area contributed by atoms with E-state index < -0.39 is 11.7 Å². The number of nitrogens with one attached hydrogen (secondary N) is 1. The van der Waals surface area contributed by atoms with Gasteiger partial charge in [-0.05, 0) is 37.3 Å². The van der Waals surface area contributed by atoms with Crippen LogP contribution >= 0.6 is 0 Å². The number of oxazole rings is 1. The summed E-state index contributed by atoms with van der Waals surface area (Å²) in [6.07, 6.45) is 2.15. The van der Waals surface area contributed by atoms with Crippen molar-refractivity contribution in [3.63, 3.8) is 0 Å². The van der Waals surface area contributed by atoms with Crippen molar-refractivity contribution in [3.8, 4) is 0 Å². The first-order chi connectivity index (χ1) is 19.2. The zero-order valence-electron chi connectivity index (χ0n) is 22.8. The van der Waals surface area contributed by atoms with Crippen molar-refractivity contribution in [2.75, 3.05) is 40.5 Å². The Hall–Kier alpha value is -3.03. The van der Waals surface area contributed by atoms with Crippen LogP contribution in [0.4, 0.5) is 13.2 Å². The number of rotatable bonds is 11. The van der Waals surface area contributed by atoms with Crippen molar-refractivity contribution >= 4 is 11.8 Å². The summed E-state index contributed by atoms with van der Waals surface area (Å²) < 4.78 is 55.5. The predicted molar refractivity (Wildman–Crippen MR) is 137 cm³/mol. The number of carbonyl (C=O) groups is 2. The van der Waals surface area contributed by atoms with E-state index in [1.54, 1.807) is 24.0 Å². The molecule has 2 aromatic heterocycles. The Kier molecular flexibility index (Phi) is 10.1. The Balaban J connectivity index is 1.34. The quantitative estimate of drug-likeness (QED) is 0.441. The first-order valence-electron chi connectivity index (χ1n) is 13.5. The maximum Gasteiger partial charge on any atom is 0.417 e.